The molecule has 2 aromatic rings. The van der Waals surface area contributed by atoms with E-state index in [0.29, 0.717) is 17.7 Å². The van der Waals surface area contributed by atoms with Gasteiger partial charge in [-0.1, -0.05) is 13.8 Å². The van der Waals surface area contributed by atoms with Gasteiger partial charge < -0.3 is 5.32 Å². The summed E-state index contributed by atoms with van der Waals surface area (Å²) in [6.45, 7) is 5.28. The molecule has 1 fully saturated rings. The van der Waals surface area contributed by atoms with Gasteiger partial charge >= 0.3 is 0 Å². The molecule has 0 spiro atoms. The second kappa shape index (κ2) is 4.07. The minimum Gasteiger partial charge on any atom is -0.310 e. The van der Waals surface area contributed by atoms with Crippen molar-refractivity contribution in [3.8, 4) is 0 Å². The Hall–Kier alpha value is -1.49. The van der Waals surface area contributed by atoms with Crippen molar-refractivity contribution in [2.75, 3.05) is 6.54 Å². The summed E-state index contributed by atoms with van der Waals surface area (Å²) in [6.07, 6.45) is 6.37. The van der Waals surface area contributed by atoms with Gasteiger partial charge in [0.05, 0.1) is 0 Å². The first-order chi connectivity index (χ1) is 8.24. The average molecular weight is 231 g/mol. The van der Waals surface area contributed by atoms with E-state index in [2.05, 4.69) is 34.2 Å². The van der Waals surface area contributed by atoms with Crippen LogP contribution in [0.15, 0.2) is 12.4 Å². The second-order valence-corrected chi connectivity index (χ2v) is 4.91. The molecule has 1 unspecified atom stereocenters. The average Bonchev–Trinajstić information content (AvgIpc) is 2.97. The standard InChI is InChI=1S/C12H17N5/c1-8(2)11-15-12-14-6-9(7-17(12)16-11)10-4-3-5-13-10/h6-8,10,13H,3-5H2,1-2H3. The van der Waals surface area contributed by atoms with Crippen molar-refractivity contribution in [3.63, 3.8) is 0 Å². The first kappa shape index (κ1) is 10.7. The van der Waals surface area contributed by atoms with Crippen LogP contribution >= 0.6 is 0 Å². The van der Waals surface area contributed by atoms with E-state index >= 15 is 0 Å². The normalized spacial score (nSPS) is 20.5. The molecule has 0 saturated carbocycles. The number of fused-ring (bicyclic) bond motifs is 1. The molecular weight excluding hydrogens is 214 g/mol. The second-order valence-electron chi connectivity index (χ2n) is 4.91. The summed E-state index contributed by atoms with van der Waals surface area (Å²) in [6, 6.07) is 0.429. The Morgan fingerprint density at radius 3 is 3.06 bits per heavy atom. The molecule has 0 bridgehead atoms. The number of nitrogens with one attached hydrogen (secondary N) is 1. The molecule has 5 heteroatoms. The fourth-order valence-electron chi connectivity index (χ4n) is 2.21. The Morgan fingerprint density at radius 1 is 1.47 bits per heavy atom. The molecule has 1 aliphatic heterocycles. The fraction of sp³-hybridized carbons (Fsp3) is 0.583. The molecule has 5 nitrogen and oxygen atoms in total. The van der Waals surface area contributed by atoms with Crippen LogP contribution in [0.2, 0.25) is 0 Å². The van der Waals surface area contributed by atoms with Crippen molar-refractivity contribution in [2.45, 2.75) is 38.6 Å². The summed E-state index contributed by atoms with van der Waals surface area (Å²) in [5, 5.41) is 7.93. The smallest absolute Gasteiger partial charge is 0.252 e. The maximum Gasteiger partial charge on any atom is 0.252 e. The number of hydrogen-bond donors (Lipinski definition) is 1. The summed E-state index contributed by atoms with van der Waals surface area (Å²) in [5.41, 5.74) is 1.20. The lowest BCUT2D eigenvalue weighted by Crippen LogP contribution is -2.13. The topological polar surface area (TPSA) is 55.1 Å². The molecule has 0 amide bonds. The Morgan fingerprint density at radius 2 is 2.35 bits per heavy atom. The van der Waals surface area contributed by atoms with Gasteiger partial charge in [-0.3, -0.25) is 0 Å². The van der Waals surface area contributed by atoms with Crippen LogP contribution in [0.3, 0.4) is 0 Å². The molecule has 1 N–H and O–H groups in total. The van der Waals surface area contributed by atoms with Crippen LogP contribution in [0.5, 0.6) is 0 Å². The molecule has 1 aliphatic rings. The van der Waals surface area contributed by atoms with E-state index in [-0.39, 0.29) is 0 Å². The number of rotatable bonds is 2. The van der Waals surface area contributed by atoms with Gasteiger partial charge in [-0.25, -0.2) is 9.50 Å². The van der Waals surface area contributed by atoms with E-state index in [1.807, 2.05) is 12.4 Å². The zero-order valence-electron chi connectivity index (χ0n) is 10.2. The Balaban J connectivity index is 2.00. The maximum atomic E-state index is 4.46. The zero-order chi connectivity index (χ0) is 11.8. The minimum atomic E-state index is 0.338. The molecule has 3 heterocycles. The van der Waals surface area contributed by atoms with Gasteiger partial charge in [0.2, 0.25) is 0 Å². The van der Waals surface area contributed by atoms with Crippen LogP contribution < -0.4 is 5.32 Å². The van der Waals surface area contributed by atoms with Gasteiger partial charge in [0.1, 0.15) is 0 Å². The monoisotopic (exact) mass is 231 g/mol. The largest absolute Gasteiger partial charge is 0.310 e. The number of hydrogen-bond acceptors (Lipinski definition) is 4. The molecule has 2 aromatic heterocycles. The highest BCUT2D eigenvalue weighted by atomic mass is 15.3. The van der Waals surface area contributed by atoms with E-state index in [9.17, 15) is 0 Å². The molecule has 0 aromatic carbocycles. The quantitative estimate of drug-likeness (QED) is 0.854. The predicted molar refractivity (Wildman–Crippen MR) is 64.8 cm³/mol. The molecule has 90 valence electrons. The number of nitrogens with zero attached hydrogens (tertiary/aromatic N) is 4. The molecule has 0 radical (unpaired) electrons. The highest BCUT2D eigenvalue weighted by Gasteiger charge is 2.17. The number of aromatic nitrogens is 4. The Labute approximate surface area is 100 Å². The third-order valence-electron chi connectivity index (χ3n) is 3.21. The zero-order valence-corrected chi connectivity index (χ0v) is 10.2. The molecule has 3 rings (SSSR count). The maximum absolute atomic E-state index is 4.46. The molecule has 0 aliphatic carbocycles. The van der Waals surface area contributed by atoms with Crippen molar-refractivity contribution in [1.29, 1.82) is 0 Å². The Bertz CT molecular complexity index is 525. The van der Waals surface area contributed by atoms with E-state index in [0.717, 1.165) is 12.4 Å². The lowest BCUT2D eigenvalue weighted by molar-refractivity contribution is 0.637. The molecular formula is C12H17N5. The van der Waals surface area contributed by atoms with Crippen LogP contribution in [0.25, 0.3) is 5.78 Å². The van der Waals surface area contributed by atoms with Crippen LogP contribution in [0.1, 0.15) is 50.0 Å². The van der Waals surface area contributed by atoms with E-state index < -0.39 is 0 Å². The van der Waals surface area contributed by atoms with Crippen LogP contribution in [-0.4, -0.2) is 26.1 Å². The lowest BCUT2D eigenvalue weighted by atomic mass is 10.1. The lowest BCUT2D eigenvalue weighted by Gasteiger charge is -2.09. The van der Waals surface area contributed by atoms with Gasteiger partial charge in [-0.15, -0.1) is 5.10 Å². The SMILES string of the molecule is CC(C)c1nc2ncc(C3CCCN3)cn2n1. The Kier molecular flexibility index (Phi) is 2.55. The molecule has 17 heavy (non-hydrogen) atoms. The summed E-state index contributed by atoms with van der Waals surface area (Å²) in [4.78, 5) is 8.78. The first-order valence-electron chi connectivity index (χ1n) is 6.19. The highest BCUT2D eigenvalue weighted by Crippen LogP contribution is 2.22. The van der Waals surface area contributed by atoms with Crippen molar-refractivity contribution < 1.29 is 0 Å². The van der Waals surface area contributed by atoms with E-state index in [1.165, 1.54) is 18.4 Å². The van der Waals surface area contributed by atoms with Gasteiger partial charge in [0.15, 0.2) is 5.82 Å². The first-order valence-corrected chi connectivity index (χ1v) is 6.19. The van der Waals surface area contributed by atoms with E-state index in [4.69, 9.17) is 0 Å². The molecule has 1 atom stereocenters. The summed E-state index contributed by atoms with van der Waals surface area (Å²) in [7, 11) is 0. The van der Waals surface area contributed by atoms with Gasteiger partial charge in [-0.05, 0) is 19.4 Å². The predicted octanol–water partition coefficient (Wildman–Crippen LogP) is 1.67. The van der Waals surface area contributed by atoms with Gasteiger partial charge in [-0.2, -0.15) is 4.98 Å². The van der Waals surface area contributed by atoms with Crippen LogP contribution in [0, 0.1) is 0 Å². The summed E-state index contributed by atoms with van der Waals surface area (Å²) < 4.78 is 1.80. The van der Waals surface area contributed by atoms with E-state index in [1.54, 1.807) is 4.52 Å². The highest BCUT2D eigenvalue weighted by molar-refractivity contribution is 5.29. The summed E-state index contributed by atoms with van der Waals surface area (Å²) >= 11 is 0. The van der Waals surface area contributed by atoms with Crippen molar-refractivity contribution >= 4 is 5.78 Å². The van der Waals surface area contributed by atoms with Crippen molar-refractivity contribution in [2.24, 2.45) is 0 Å². The van der Waals surface area contributed by atoms with Crippen LogP contribution in [-0.2, 0) is 0 Å². The minimum absolute atomic E-state index is 0.338. The summed E-state index contributed by atoms with van der Waals surface area (Å²) in [5.74, 6) is 1.88. The van der Waals surface area contributed by atoms with Gasteiger partial charge in [0.25, 0.3) is 5.78 Å². The van der Waals surface area contributed by atoms with Gasteiger partial charge in [0, 0.05) is 29.9 Å². The molecule has 1 saturated heterocycles. The third-order valence-corrected chi connectivity index (χ3v) is 3.21. The third kappa shape index (κ3) is 1.91. The fourth-order valence-corrected chi connectivity index (χ4v) is 2.21. The van der Waals surface area contributed by atoms with Crippen LogP contribution in [0.4, 0.5) is 0 Å². The van der Waals surface area contributed by atoms with Crippen molar-refractivity contribution in [3.05, 3.63) is 23.8 Å². The van der Waals surface area contributed by atoms with Crippen molar-refractivity contribution in [1.82, 2.24) is 24.9 Å².